The van der Waals surface area contributed by atoms with E-state index in [1.165, 1.54) is 6.20 Å². The Labute approximate surface area is 103 Å². The molecule has 0 aliphatic carbocycles. The van der Waals surface area contributed by atoms with Crippen LogP contribution >= 0.6 is 24.0 Å². The Balaban J connectivity index is 0.00000196. The Hall–Kier alpha value is -0.210. The maximum absolute atomic E-state index is 12.8. The Morgan fingerprint density at radius 3 is 2.40 bits per heavy atom. The molecule has 1 aliphatic rings. The maximum Gasteiger partial charge on any atom is 0.386 e. The van der Waals surface area contributed by atoms with Crippen molar-refractivity contribution < 1.29 is 17.6 Å². The highest BCUT2D eigenvalue weighted by molar-refractivity contribution is 14.0. The van der Waals surface area contributed by atoms with Gasteiger partial charge in [0.1, 0.15) is 0 Å². The Morgan fingerprint density at radius 2 is 1.93 bits per heavy atom. The maximum atomic E-state index is 12.8. The smallest absolute Gasteiger partial charge is 0.358 e. The van der Waals surface area contributed by atoms with Crippen LogP contribution in [0.25, 0.3) is 0 Å². The summed E-state index contributed by atoms with van der Waals surface area (Å²) in [4.78, 5) is 1.92. The lowest BCUT2D eigenvalue weighted by atomic mass is 10.4. The average molecular weight is 340 g/mol. The summed E-state index contributed by atoms with van der Waals surface area (Å²) in [6.45, 7) is 2.30. The van der Waals surface area contributed by atoms with E-state index in [0.29, 0.717) is 11.4 Å². The SMILES string of the molecule is CCCN1C=CN(C(F)(F)C(F)F)C1.I. The quantitative estimate of drug-likeness (QED) is 0.441. The summed E-state index contributed by atoms with van der Waals surface area (Å²) in [7, 11) is 0. The van der Waals surface area contributed by atoms with Crippen molar-refractivity contribution in [3.8, 4) is 0 Å². The minimum atomic E-state index is -4.07. The van der Waals surface area contributed by atoms with E-state index in [9.17, 15) is 17.6 Å². The summed E-state index contributed by atoms with van der Waals surface area (Å²) >= 11 is 0. The van der Waals surface area contributed by atoms with Crippen molar-refractivity contribution in [3.05, 3.63) is 12.4 Å². The zero-order valence-corrected chi connectivity index (χ0v) is 10.5. The third-order valence-corrected chi connectivity index (χ3v) is 1.95. The Bertz CT molecular complexity index is 223. The molecule has 0 saturated heterocycles. The van der Waals surface area contributed by atoms with E-state index in [2.05, 4.69) is 0 Å². The van der Waals surface area contributed by atoms with Gasteiger partial charge in [-0.1, -0.05) is 6.92 Å². The van der Waals surface area contributed by atoms with Crippen LogP contribution in [0.5, 0.6) is 0 Å². The van der Waals surface area contributed by atoms with Gasteiger partial charge < -0.3 is 4.90 Å². The molecule has 0 saturated carbocycles. The van der Waals surface area contributed by atoms with Gasteiger partial charge in [0.2, 0.25) is 0 Å². The average Bonchev–Trinajstić information content (AvgIpc) is 2.53. The predicted octanol–water partition coefficient (Wildman–Crippen LogP) is 2.92. The molecule has 0 unspecified atom stereocenters. The largest absolute Gasteiger partial charge is 0.386 e. The number of alkyl halides is 4. The highest BCUT2D eigenvalue weighted by Gasteiger charge is 2.47. The van der Waals surface area contributed by atoms with Gasteiger partial charge >= 0.3 is 12.5 Å². The molecule has 0 N–H and O–H groups in total. The van der Waals surface area contributed by atoms with Crippen LogP contribution in [-0.4, -0.2) is 35.5 Å². The fraction of sp³-hybridized carbons (Fsp3) is 0.750. The van der Waals surface area contributed by atoms with Crippen LogP contribution in [-0.2, 0) is 0 Å². The van der Waals surface area contributed by atoms with Gasteiger partial charge in [0.15, 0.2) is 0 Å². The van der Waals surface area contributed by atoms with Crippen LogP contribution in [0.3, 0.4) is 0 Å². The van der Waals surface area contributed by atoms with Gasteiger partial charge in [-0.2, -0.15) is 8.78 Å². The number of hydrogen-bond donors (Lipinski definition) is 0. The second kappa shape index (κ2) is 5.76. The normalized spacial score (nSPS) is 16.1. The first-order valence-corrected chi connectivity index (χ1v) is 4.33. The Kier molecular flexibility index (Phi) is 5.68. The monoisotopic (exact) mass is 340 g/mol. The van der Waals surface area contributed by atoms with Crippen LogP contribution in [0, 0.1) is 0 Å². The van der Waals surface area contributed by atoms with E-state index in [-0.39, 0.29) is 30.6 Å². The number of halogens is 5. The number of nitrogens with zero attached hydrogens (tertiary/aromatic N) is 2. The lowest BCUT2D eigenvalue weighted by Gasteiger charge is -2.28. The molecule has 7 heteroatoms. The minimum Gasteiger partial charge on any atom is -0.358 e. The zero-order chi connectivity index (χ0) is 10.8. The van der Waals surface area contributed by atoms with Crippen LogP contribution < -0.4 is 0 Å². The van der Waals surface area contributed by atoms with Crippen molar-refractivity contribution in [1.29, 1.82) is 0 Å². The van der Waals surface area contributed by atoms with Gasteiger partial charge in [0.25, 0.3) is 0 Å². The molecule has 1 rings (SSSR count). The van der Waals surface area contributed by atoms with Gasteiger partial charge in [-0.05, 0) is 6.42 Å². The van der Waals surface area contributed by atoms with Gasteiger partial charge in [-0.25, -0.2) is 8.78 Å². The van der Waals surface area contributed by atoms with Crippen molar-refractivity contribution in [3.63, 3.8) is 0 Å². The molecule has 0 aromatic rings. The summed E-state index contributed by atoms with van der Waals surface area (Å²) in [5, 5.41) is 0. The molecule has 0 amide bonds. The molecule has 0 radical (unpaired) electrons. The molecule has 0 aromatic heterocycles. The standard InChI is InChI=1S/C8H12F4N2.HI/c1-2-3-13-4-5-14(6-13)8(11,12)7(9)10;/h4-5,7H,2-3,6H2,1H3;1H. The molecule has 0 spiro atoms. The van der Waals surface area contributed by atoms with Crippen LogP contribution in [0.4, 0.5) is 17.6 Å². The van der Waals surface area contributed by atoms with Crippen molar-refractivity contribution >= 4 is 24.0 Å². The molecule has 0 fully saturated rings. The van der Waals surface area contributed by atoms with Crippen molar-refractivity contribution in [2.75, 3.05) is 13.2 Å². The van der Waals surface area contributed by atoms with E-state index in [4.69, 9.17) is 0 Å². The van der Waals surface area contributed by atoms with E-state index in [1.54, 1.807) is 4.90 Å². The summed E-state index contributed by atoms with van der Waals surface area (Å²) in [6.07, 6.45) is -0.464. The molecule has 0 aromatic carbocycles. The molecule has 90 valence electrons. The van der Waals surface area contributed by atoms with E-state index >= 15 is 0 Å². The first kappa shape index (κ1) is 14.8. The Morgan fingerprint density at radius 1 is 1.33 bits per heavy atom. The third-order valence-electron chi connectivity index (χ3n) is 1.95. The summed E-state index contributed by atoms with van der Waals surface area (Å²) < 4.78 is 49.4. The fourth-order valence-corrected chi connectivity index (χ4v) is 1.22. The first-order valence-electron chi connectivity index (χ1n) is 4.33. The number of hydrogen-bond acceptors (Lipinski definition) is 2. The lowest BCUT2D eigenvalue weighted by Crippen LogP contribution is -2.45. The van der Waals surface area contributed by atoms with Crippen LogP contribution in [0.15, 0.2) is 12.4 Å². The van der Waals surface area contributed by atoms with E-state index in [0.717, 1.165) is 12.6 Å². The topological polar surface area (TPSA) is 6.48 Å². The van der Waals surface area contributed by atoms with Crippen molar-refractivity contribution in [2.45, 2.75) is 25.8 Å². The van der Waals surface area contributed by atoms with Crippen molar-refractivity contribution in [2.24, 2.45) is 0 Å². The van der Waals surface area contributed by atoms with Gasteiger partial charge in [0.05, 0.1) is 6.67 Å². The third kappa shape index (κ3) is 3.39. The minimum absolute atomic E-state index is 0. The molecule has 1 aliphatic heterocycles. The molecule has 0 bridgehead atoms. The second-order valence-electron chi connectivity index (χ2n) is 3.11. The molecule has 15 heavy (non-hydrogen) atoms. The molecular formula is C8H13F4IN2. The van der Waals surface area contributed by atoms with Crippen LogP contribution in [0.2, 0.25) is 0 Å². The molecule has 2 nitrogen and oxygen atoms in total. The molecule has 0 atom stereocenters. The zero-order valence-electron chi connectivity index (χ0n) is 8.17. The van der Waals surface area contributed by atoms with Gasteiger partial charge in [-0.15, -0.1) is 24.0 Å². The number of rotatable bonds is 4. The van der Waals surface area contributed by atoms with Crippen molar-refractivity contribution in [1.82, 2.24) is 9.80 Å². The van der Waals surface area contributed by atoms with Crippen LogP contribution in [0.1, 0.15) is 13.3 Å². The summed E-state index contributed by atoms with van der Waals surface area (Å²) in [6, 6.07) is -4.07. The molecule has 1 heterocycles. The fourth-order valence-electron chi connectivity index (χ4n) is 1.22. The first-order chi connectivity index (χ1) is 6.48. The summed E-state index contributed by atoms with van der Waals surface area (Å²) in [5.74, 6) is 0. The van der Waals surface area contributed by atoms with E-state index in [1.807, 2.05) is 6.92 Å². The van der Waals surface area contributed by atoms with Gasteiger partial charge in [0, 0.05) is 18.9 Å². The summed E-state index contributed by atoms with van der Waals surface area (Å²) in [5.41, 5.74) is 0. The highest BCUT2D eigenvalue weighted by Crippen LogP contribution is 2.30. The predicted molar refractivity (Wildman–Crippen MR) is 59.2 cm³/mol. The second-order valence-corrected chi connectivity index (χ2v) is 3.11. The lowest BCUT2D eigenvalue weighted by molar-refractivity contribution is -0.213. The highest BCUT2D eigenvalue weighted by atomic mass is 127. The van der Waals surface area contributed by atoms with Gasteiger partial charge in [-0.3, -0.25) is 4.90 Å². The van der Waals surface area contributed by atoms with E-state index < -0.39 is 12.5 Å². The molecular weight excluding hydrogens is 327 g/mol.